The molecule has 0 radical (unpaired) electrons. The van der Waals surface area contributed by atoms with Gasteiger partial charge in [-0.15, -0.1) is 0 Å². The fraction of sp³-hybridized carbons (Fsp3) is 0.464. The second-order valence-corrected chi connectivity index (χ2v) is 8.69. The third kappa shape index (κ3) is 6.38. The van der Waals surface area contributed by atoms with E-state index in [4.69, 9.17) is 23.9 Å². The number of hydrogen-bond acceptors (Lipinski definition) is 5. The van der Waals surface area contributed by atoms with Gasteiger partial charge in [0.2, 0.25) is 0 Å². The molecule has 0 atom stereocenters. The molecule has 1 aliphatic rings. The molecule has 2 heterocycles. The van der Waals surface area contributed by atoms with Gasteiger partial charge in [-0.3, -0.25) is 0 Å². The summed E-state index contributed by atoms with van der Waals surface area (Å²) in [5.41, 5.74) is 2.86. The lowest BCUT2D eigenvalue weighted by atomic mass is 9.97. The summed E-state index contributed by atoms with van der Waals surface area (Å²) < 4.78 is 23.7. The maximum atomic E-state index is 6.17. The lowest BCUT2D eigenvalue weighted by Gasteiger charge is -2.21. The van der Waals surface area contributed by atoms with Crippen molar-refractivity contribution in [2.45, 2.75) is 52.6 Å². The van der Waals surface area contributed by atoms with Gasteiger partial charge in [-0.25, -0.2) is 4.98 Å². The Bertz CT molecular complexity index is 1030. The molecule has 0 aliphatic carbocycles. The first-order valence-electron chi connectivity index (χ1n) is 12.2. The molecule has 5 nitrogen and oxygen atoms in total. The number of pyridine rings is 1. The molecule has 4 rings (SSSR count). The Kier molecular flexibility index (Phi) is 8.42. The highest BCUT2D eigenvalue weighted by molar-refractivity contribution is 5.86. The number of benzene rings is 2. The highest BCUT2D eigenvalue weighted by Crippen LogP contribution is 2.31. The lowest BCUT2D eigenvalue weighted by Crippen LogP contribution is -2.17. The van der Waals surface area contributed by atoms with E-state index in [1.54, 1.807) is 0 Å². The van der Waals surface area contributed by atoms with Gasteiger partial charge in [0, 0.05) is 30.2 Å². The minimum Gasteiger partial charge on any atom is -0.493 e. The molecule has 1 fully saturated rings. The predicted molar refractivity (Wildman–Crippen MR) is 131 cm³/mol. The Hall–Kier alpha value is -2.79. The summed E-state index contributed by atoms with van der Waals surface area (Å²) in [6.45, 7) is 7.80. The van der Waals surface area contributed by atoms with E-state index in [1.165, 1.54) is 0 Å². The predicted octanol–water partition coefficient (Wildman–Crippen LogP) is 6.50. The van der Waals surface area contributed by atoms with Crippen LogP contribution in [0.2, 0.25) is 0 Å². The van der Waals surface area contributed by atoms with Gasteiger partial charge in [0.25, 0.3) is 0 Å². The zero-order chi connectivity index (χ0) is 22.9. The summed E-state index contributed by atoms with van der Waals surface area (Å²) in [5.74, 6) is 3.24. The Morgan fingerprint density at radius 2 is 1.73 bits per heavy atom. The van der Waals surface area contributed by atoms with Crippen LogP contribution in [0.25, 0.3) is 10.9 Å². The number of nitrogens with zero attached hydrogens (tertiary/aromatic N) is 1. The van der Waals surface area contributed by atoms with Crippen LogP contribution in [0.3, 0.4) is 0 Å². The van der Waals surface area contributed by atoms with Crippen LogP contribution in [0.1, 0.15) is 50.3 Å². The van der Waals surface area contributed by atoms with E-state index in [0.717, 1.165) is 91.3 Å². The fourth-order valence-electron chi connectivity index (χ4n) is 4.15. The lowest BCUT2D eigenvalue weighted by molar-refractivity contribution is 0.0593. The summed E-state index contributed by atoms with van der Waals surface area (Å²) in [6.07, 6.45) is 5.47. The van der Waals surface area contributed by atoms with Gasteiger partial charge in [0.15, 0.2) is 0 Å². The number of rotatable bonds is 11. The van der Waals surface area contributed by atoms with Gasteiger partial charge in [-0.2, -0.15) is 0 Å². The van der Waals surface area contributed by atoms with Crippen LogP contribution in [0, 0.1) is 12.8 Å². The number of aromatic nitrogens is 1. The maximum absolute atomic E-state index is 6.17. The quantitative estimate of drug-likeness (QED) is 0.313. The highest BCUT2D eigenvalue weighted by atomic mass is 16.5. The number of hydrogen-bond donors (Lipinski definition) is 0. The molecule has 33 heavy (non-hydrogen) atoms. The molecular formula is C28H35NO4. The first-order valence-corrected chi connectivity index (χ1v) is 12.2. The van der Waals surface area contributed by atoms with Crippen molar-refractivity contribution in [2.75, 3.05) is 26.4 Å². The van der Waals surface area contributed by atoms with Crippen molar-refractivity contribution >= 4 is 10.9 Å². The van der Waals surface area contributed by atoms with Gasteiger partial charge in [0.05, 0.1) is 24.4 Å². The highest BCUT2D eigenvalue weighted by Gasteiger charge is 2.15. The van der Waals surface area contributed by atoms with Crippen LogP contribution >= 0.6 is 0 Å². The van der Waals surface area contributed by atoms with Gasteiger partial charge < -0.3 is 18.9 Å². The number of ether oxygens (including phenoxy) is 4. The zero-order valence-corrected chi connectivity index (χ0v) is 19.8. The molecule has 1 saturated heterocycles. The first-order chi connectivity index (χ1) is 16.2. The summed E-state index contributed by atoms with van der Waals surface area (Å²) in [4.78, 5) is 4.86. The standard InChI is InChI=1S/C28H35NO4/c1-3-4-15-32-28-21(2)27(29-26-11-6-5-10-25(26)28)20-33-24-9-7-8-23(19-24)31-18-14-22-12-16-30-17-13-22/h5-11,19,22H,3-4,12-18,20H2,1-2H3. The van der Waals surface area contributed by atoms with Crippen LogP contribution in [0.5, 0.6) is 17.2 Å². The second-order valence-electron chi connectivity index (χ2n) is 8.69. The van der Waals surface area contributed by atoms with Crippen molar-refractivity contribution in [3.63, 3.8) is 0 Å². The largest absolute Gasteiger partial charge is 0.493 e. The topological polar surface area (TPSA) is 49.8 Å². The Morgan fingerprint density at radius 1 is 0.939 bits per heavy atom. The van der Waals surface area contributed by atoms with Gasteiger partial charge >= 0.3 is 0 Å². The molecule has 3 aromatic rings. The summed E-state index contributed by atoms with van der Waals surface area (Å²) >= 11 is 0. The monoisotopic (exact) mass is 449 g/mol. The van der Waals surface area contributed by atoms with Gasteiger partial charge in [-0.05, 0) is 62.8 Å². The smallest absolute Gasteiger partial charge is 0.133 e. The van der Waals surface area contributed by atoms with E-state index in [0.29, 0.717) is 19.1 Å². The average Bonchev–Trinajstić information content (AvgIpc) is 2.85. The van der Waals surface area contributed by atoms with Crippen molar-refractivity contribution in [2.24, 2.45) is 5.92 Å². The van der Waals surface area contributed by atoms with Crippen LogP contribution in [0.15, 0.2) is 48.5 Å². The minimum atomic E-state index is 0.381. The fourth-order valence-corrected chi connectivity index (χ4v) is 4.15. The maximum Gasteiger partial charge on any atom is 0.133 e. The van der Waals surface area contributed by atoms with Crippen molar-refractivity contribution in [1.29, 1.82) is 0 Å². The van der Waals surface area contributed by atoms with Crippen LogP contribution in [0.4, 0.5) is 0 Å². The molecule has 1 aromatic heterocycles. The van der Waals surface area contributed by atoms with Crippen molar-refractivity contribution in [1.82, 2.24) is 4.98 Å². The number of unbranched alkanes of at least 4 members (excludes halogenated alkanes) is 1. The van der Waals surface area contributed by atoms with Crippen LogP contribution < -0.4 is 14.2 Å². The van der Waals surface area contributed by atoms with Crippen molar-refractivity contribution in [3.8, 4) is 17.2 Å². The Balaban J connectivity index is 1.40. The average molecular weight is 450 g/mol. The molecule has 2 aromatic carbocycles. The molecule has 5 heteroatoms. The molecule has 176 valence electrons. The third-order valence-electron chi connectivity index (χ3n) is 6.24. The summed E-state index contributed by atoms with van der Waals surface area (Å²) in [6, 6.07) is 16.0. The van der Waals surface area contributed by atoms with Gasteiger partial charge in [-0.1, -0.05) is 31.5 Å². The van der Waals surface area contributed by atoms with Crippen LogP contribution in [-0.4, -0.2) is 31.4 Å². The summed E-state index contributed by atoms with van der Waals surface area (Å²) in [7, 11) is 0. The SMILES string of the molecule is CCCCOc1c(C)c(COc2cccc(OCCC3CCOCC3)c2)nc2ccccc12. The Labute approximate surface area is 197 Å². The molecule has 0 bridgehead atoms. The van der Waals surface area contributed by atoms with Crippen LogP contribution in [-0.2, 0) is 11.3 Å². The van der Waals surface area contributed by atoms with Crippen molar-refractivity contribution in [3.05, 3.63) is 59.8 Å². The van der Waals surface area contributed by atoms with Gasteiger partial charge in [0.1, 0.15) is 23.9 Å². The van der Waals surface area contributed by atoms with E-state index in [-0.39, 0.29) is 0 Å². The minimum absolute atomic E-state index is 0.381. The molecular weight excluding hydrogens is 414 g/mol. The molecule has 0 unspecified atom stereocenters. The van der Waals surface area contributed by atoms with Crippen molar-refractivity contribution < 1.29 is 18.9 Å². The van der Waals surface area contributed by atoms with E-state index in [2.05, 4.69) is 19.9 Å². The van der Waals surface area contributed by atoms with E-state index >= 15 is 0 Å². The third-order valence-corrected chi connectivity index (χ3v) is 6.24. The molecule has 0 spiro atoms. The molecule has 1 aliphatic heterocycles. The Morgan fingerprint density at radius 3 is 2.55 bits per heavy atom. The van der Waals surface area contributed by atoms with E-state index in [1.807, 2.05) is 42.5 Å². The molecule has 0 saturated carbocycles. The second kappa shape index (κ2) is 11.9. The zero-order valence-electron chi connectivity index (χ0n) is 19.8. The summed E-state index contributed by atoms with van der Waals surface area (Å²) in [5, 5.41) is 1.05. The normalized spacial score (nSPS) is 14.4. The molecule has 0 N–H and O–H groups in total. The molecule has 0 amide bonds. The number of fused-ring (bicyclic) bond motifs is 1. The van der Waals surface area contributed by atoms with E-state index < -0.39 is 0 Å². The first kappa shape index (κ1) is 23.4. The number of para-hydroxylation sites is 1. The van der Waals surface area contributed by atoms with E-state index in [9.17, 15) is 0 Å².